The van der Waals surface area contributed by atoms with Crippen LogP contribution in [0.15, 0.2) is 0 Å². The average molecular weight is 733 g/mol. The largest absolute Gasteiger partial charge is 0.469 e. The molecule has 8 nitrogen and oxygen atoms in total. The molecule has 0 bridgehead atoms. The van der Waals surface area contributed by atoms with Crippen LogP contribution >= 0.6 is 7.82 Å². The SMILES string of the molecule is CCCCCCCCCCCCCCCCC(=O)O[C@H](COC(=O)CCCCCCCCCCCCCCCCCC(C)C)COP(=O)(O)O. The molecule has 0 saturated heterocycles. The summed E-state index contributed by atoms with van der Waals surface area (Å²) in [5.74, 6) is -0.0301. The fourth-order valence-electron chi connectivity index (χ4n) is 6.38. The van der Waals surface area contributed by atoms with E-state index >= 15 is 0 Å². The minimum atomic E-state index is -4.74. The number of phosphoric acid groups is 1. The van der Waals surface area contributed by atoms with Gasteiger partial charge >= 0.3 is 19.8 Å². The second kappa shape index (κ2) is 36.4. The summed E-state index contributed by atoms with van der Waals surface area (Å²) in [5, 5.41) is 0. The number of esters is 2. The minimum Gasteiger partial charge on any atom is -0.462 e. The average Bonchev–Trinajstić information content (AvgIpc) is 3.07. The van der Waals surface area contributed by atoms with Crippen LogP contribution in [0, 0.1) is 5.92 Å². The van der Waals surface area contributed by atoms with Gasteiger partial charge in [-0.15, -0.1) is 0 Å². The molecule has 0 heterocycles. The Morgan fingerprint density at radius 2 is 0.840 bits per heavy atom. The minimum absolute atomic E-state index is 0.219. The first-order valence-electron chi connectivity index (χ1n) is 21.2. The Hall–Kier alpha value is -0.950. The molecule has 0 aliphatic heterocycles. The topological polar surface area (TPSA) is 119 Å². The first-order valence-corrected chi connectivity index (χ1v) is 22.7. The second-order valence-corrected chi connectivity index (χ2v) is 16.4. The maximum atomic E-state index is 12.4. The van der Waals surface area contributed by atoms with Crippen LogP contribution in [0.5, 0.6) is 0 Å². The van der Waals surface area contributed by atoms with Crippen LogP contribution in [0.25, 0.3) is 0 Å². The summed E-state index contributed by atoms with van der Waals surface area (Å²) in [6.07, 6.45) is 36.8. The van der Waals surface area contributed by atoms with E-state index in [0.717, 1.165) is 38.0 Å². The van der Waals surface area contributed by atoms with Gasteiger partial charge in [-0.3, -0.25) is 14.1 Å². The van der Waals surface area contributed by atoms with Crippen LogP contribution in [-0.2, 0) is 28.2 Å². The zero-order chi connectivity index (χ0) is 37.0. The van der Waals surface area contributed by atoms with Gasteiger partial charge < -0.3 is 19.3 Å². The van der Waals surface area contributed by atoms with E-state index in [-0.39, 0.29) is 19.4 Å². The lowest BCUT2D eigenvalue weighted by atomic mass is 10.0. The number of hydrogen-bond acceptors (Lipinski definition) is 6. The summed E-state index contributed by atoms with van der Waals surface area (Å²) in [5.41, 5.74) is 0. The van der Waals surface area contributed by atoms with Gasteiger partial charge in [0.25, 0.3) is 0 Å². The van der Waals surface area contributed by atoms with Gasteiger partial charge in [-0.25, -0.2) is 4.57 Å². The van der Waals surface area contributed by atoms with Crippen molar-refractivity contribution in [3.05, 3.63) is 0 Å². The van der Waals surface area contributed by atoms with E-state index in [1.165, 1.54) is 154 Å². The van der Waals surface area contributed by atoms with Crippen molar-refractivity contribution in [1.82, 2.24) is 0 Å². The number of phosphoric ester groups is 1. The molecule has 0 saturated carbocycles. The Morgan fingerprint density at radius 3 is 1.20 bits per heavy atom. The molecule has 0 fully saturated rings. The first kappa shape index (κ1) is 49.0. The van der Waals surface area contributed by atoms with E-state index < -0.39 is 32.5 Å². The Balaban J connectivity index is 3.85. The molecular formula is C41H81O8P. The van der Waals surface area contributed by atoms with Crippen LogP contribution in [-0.4, -0.2) is 41.0 Å². The van der Waals surface area contributed by atoms with Crippen LogP contribution in [0.4, 0.5) is 0 Å². The van der Waals surface area contributed by atoms with E-state index in [2.05, 4.69) is 25.3 Å². The highest BCUT2D eigenvalue weighted by Gasteiger charge is 2.23. The monoisotopic (exact) mass is 733 g/mol. The van der Waals surface area contributed by atoms with Crippen LogP contribution in [0.3, 0.4) is 0 Å². The number of carbonyl (C=O) groups excluding carboxylic acids is 2. The summed E-state index contributed by atoms with van der Waals surface area (Å²) >= 11 is 0. The lowest BCUT2D eigenvalue weighted by Gasteiger charge is -2.18. The maximum absolute atomic E-state index is 12.4. The van der Waals surface area contributed by atoms with Gasteiger partial charge in [0.1, 0.15) is 6.61 Å². The zero-order valence-electron chi connectivity index (χ0n) is 33.0. The quantitative estimate of drug-likeness (QED) is 0.0364. The molecule has 0 aromatic heterocycles. The molecule has 0 aromatic rings. The fraction of sp³-hybridized carbons (Fsp3) is 0.951. The maximum Gasteiger partial charge on any atom is 0.469 e. The highest BCUT2D eigenvalue weighted by Crippen LogP contribution is 2.36. The predicted octanol–water partition coefficient (Wildman–Crippen LogP) is 12.7. The highest BCUT2D eigenvalue weighted by atomic mass is 31.2. The van der Waals surface area contributed by atoms with Gasteiger partial charge in [0.05, 0.1) is 6.61 Å². The molecule has 298 valence electrons. The molecule has 0 rings (SSSR count). The van der Waals surface area contributed by atoms with Gasteiger partial charge in [-0.2, -0.15) is 0 Å². The van der Waals surface area contributed by atoms with E-state index in [4.69, 9.17) is 19.3 Å². The molecule has 0 spiro atoms. The Kier molecular flexibility index (Phi) is 35.7. The number of unbranched alkanes of at least 4 members (excludes halogenated alkanes) is 27. The molecule has 1 atom stereocenters. The second-order valence-electron chi connectivity index (χ2n) is 15.2. The molecule has 0 aliphatic rings. The van der Waals surface area contributed by atoms with Crippen molar-refractivity contribution >= 4 is 19.8 Å². The van der Waals surface area contributed by atoms with Crippen molar-refractivity contribution in [2.75, 3.05) is 13.2 Å². The third-order valence-corrected chi connectivity index (χ3v) is 10.0. The van der Waals surface area contributed by atoms with Crippen LogP contribution in [0.2, 0.25) is 0 Å². The van der Waals surface area contributed by atoms with E-state index in [1.807, 2.05) is 0 Å². The van der Waals surface area contributed by atoms with E-state index in [0.29, 0.717) is 6.42 Å². The molecule has 2 N–H and O–H groups in total. The number of rotatable bonds is 39. The van der Waals surface area contributed by atoms with Crippen LogP contribution < -0.4 is 0 Å². The Morgan fingerprint density at radius 1 is 0.500 bits per heavy atom. The van der Waals surface area contributed by atoms with Crippen molar-refractivity contribution in [2.24, 2.45) is 5.92 Å². The summed E-state index contributed by atoms with van der Waals surface area (Å²) in [6, 6.07) is 0. The Labute approximate surface area is 308 Å². The van der Waals surface area contributed by atoms with Crippen molar-refractivity contribution < 1.29 is 37.9 Å². The molecule has 0 radical (unpaired) electrons. The third-order valence-electron chi connectivity index (χ3n) is 9.55. The van der Waals surface area contributed by atoms with Gasteiger partial charge in [0.2, 0.25) is 0 Å². The van der Waals surface area contributed by atoms with Gasteiger partial charge in [0, 0.05) is 12.8 Å². The number of hydrogen-bond donors (Lipinski definition) is 2. The lowest BCUT2D eigenvalue weighted by molar-refractivity contribution is -0.161. The summed E-state index contributed by atoms with van der Waals surface area (Å²) < 4.78 is 26.4. The molecular weight excluding hydrogens is 651 g/mol. The van der Waals surface area contributed by atoms with E-state index in [1.54, 1.807) is 0 Å². The van der Waals surface area contributed by atoms with Crippen LogP contribution in [0.1, 0.15) is 226 Å². The molecule has 9 heteroatoms. The Bertz CT molecular complexity index is 799. The van der Waals surface area contributed by atoms with Gasteiger partial charge in [0.15, 0.2) is 6.10 Å². The predicted molar refractivity (Wildman–Crippen MR) is 207 cm³/mol. The number of carbonyl (C=O) groups is 2. The normalized spacial score (nSPS) is 12.4. The molecule has 0 amide bonds. The van der Waals surface area contributed by atoms with Crippen molar-refractivity contribution in [3.63, 3.8) is 0 Å². The summed E-state index contributed by atoms with van der Waals surface area (Å²) in [7, 11) is -4.74. The van der Waals surface area contributed by atoms with Crippen molar-refractivity contribution in [1.29, 1.82) is 0 Å². The standard InChI is InChI=1S/C41H81O8P/c1-4-5-6-7-8-9-10-11-16-20-23-26-29-32-35-41(43)49-39(37-48-50(44,45)46)36-47-40(42)34-31-28-25-22-19-17-14-12-13-15-18-21-24-27-30-33-38(2)3/h38-39H,4-37H2,1-3H3,(H2,44,45,46)/t39-/m1/s1. The first-order chi connectivity index (χ1) is 24.1. The molecule has 50 heavy (non-hydrogen) atoms. The molecule has 0 unspecified atom stereocenters. The lowest BCUT2D eigenvalue weighted by Crippen LogP contribution is -2.29. The third kappa shape index (κ3) is 39.8. The van der Waals surface area contributed by atoms with Crippen molar-refractivity contribution in [3.8, 4) is 0 Å². The van der Waals surface area contributed by atoms with Gasteiger partial charge in [-0.05, 0) is 18.8 Å². The fourth-order valence-corrected chi connectivity index (χ4v) is 6.74. The molecule has 0 aromatic carbocycles. The summed E-state index contributed by atoms with van der Waals surface area (Å²) in [4.78, 5) is 42.8. The van der Waals surface area contributed by atoms with Crippen molar-refractivity contribution in [2.45, 2.75) is 232 Å². The van der Waals surface area contributed by atoms with Gasteiger partial charge in [-0.1, -0.05) is 201 Å². The zero-order valence-corrected chi connectivity index (χ0v) is 33.9. The van der Waals surface area contributed by atoms with E-state index in [9.17, 15) is 14.2 Å². The molecule has 0 aliphatic carbocycles. The summed E-state index contributed by atoms with van der Waals surface area (Å²) in [6.45, 7) is 6.06. The highest BCUT2D eigenvalue weighted by molar-refractivity contribution is 7.46. The smallest absolute Gasteiger partial charge is 0.462 e. The number of ether oxygens (including phenoxy) is 2.